The molecule has 0 saturated carbocycles. The van der Waals surface area contributed by atoms with Crippen molar-refractivity contribution in [3.63, 3.8) is 0 Å². The highest BCUT2D eigenvalue weighted by Gasteiger charge is 2.14. The van der Waals surface area contributed by atoms with Crippen LogP contribution in [-0.2, 0) is 0 Å². The van der Waals surface area contributed by atoms with Gasteiger partial charge >= 0.3 is 0 Å². The van der Waals surface area contributed by atoms with E-state index in [0.29, 0.717) is 32.9 Å². The molecule has 0 radical (unpaired) electrons. The third kappa shape index (κ3) is 3.60. The van der Waals surface area contributed by atoms with Gasteiger partial charge in [-0.1, -0.05) is 29.8 Å². The molecule has 3 N–H and O–H groups in total. The maximum absolute atomic E-state index is 14.2. The molecule has 0 spiro atoms. The average molecular weight is 361 g/mol. The summed E-state index contributed by atoms with van der Waals surface area (Å²) in [4.78, 5) is 8.62. The lowest BCUT2D eigenvalue weighted by molar-refractivity contribution is 0.629. The number of halogens is 2. The maximum atomic E-state index is 14.2. The van der Waals surface area contributed by atoms with Crippen molar-refractivity contribution in [1.82, 2.24) is 9.97 Å². The Kier molecular flexibility index (Phi) is 4.87. The van der Waals surface area contributed by atoms with E-state index in [1.54, 1.807) is 24.3 Å². The van der Waals surface area contributed by atoms with E-state index >= 15 is 0 Å². The monoisotopic (exact) mass is 360 g/mol. The first-order chi connectivity index (χ1) is 11.5. The molecular formula is C17H14ClFN4S. The molecule has 1 aromatic carbocycles. The second kappa shape index (κ2) is 7.07. The minimum absolute atomic E-state index is 0.355. The number of nitrogens with zero attached hydrogens (tertiary/aromatic N) is 2. The van der Waals surface area contributed by atoms with Crippen LogP contribution < -0.4 is 10.5 Å². The topological polar surface area (TPSA) is 63.8 Å². The Balaban J connectivity index is 1.89. The number of nitrogens with one attached hydrogen (secondary N) is 1. The Morgan fingerprint density at radius 2 is 1.88 bits per heavy atom. The Bertz CT molecular complexity index is 868. The molecule has 7 heteroatoms. The molecule has 3 rings (SSSR count). The van der Waals surface area contributed by atoms with E-state index in [0.717, 1.165) is 5.56 Å². The van der Waals surface area contributed by atoms with Gasteiger partial charge in [-0.3, -0.25) is 0 Å². The highest BCUT2D eigenvalue weighted by Crippen LogP contribution is 2.32. The van der Waals surface area contributed by atoms with Crippen LogP contribution in [0.5, 0.6) is 0 Å². The zero-order valence-corrected chi connectivity index (χ0v) is 14.3. The minimum atomic E-state index is -0.355. The van der Waals surface area contributed by atoms with Gasteiger partial charge in [-0.15, -0.1) is 0 Å². The van der Waals surface area contributed by atoms with E-state index < -0.39 is 0 Å². The number of hydrogen-bond acceptors (Lipinski definition) is 5. The molecule has 3 aromatic rings. The van der Waals surface area contributed by atoms with Crippen molar-refractivity contribution < 1.29 is 4.39 Å². The largest absolute Gasteiger partial charge is 0.384 e. The zero-order valence-electron chi connectivity index (χ0n) is 12.8. The van der Waals surface area contributed by atoms with Gasteiger partial charge in [-0.05, 0) is 42.8 Å². The molecule has 0 amide bonds. The van der Waals surface area contributed by atoms with Gasteiger partial charge in [0.05, 0.1) is 10.7 Å². The lowest BCUT2D eigenvalue weighted by Crippen LogP contribution is -1.98. The molecule has 122 valence electrons. The molecule has 0 saturated heterocycles. The van der Waals surface area contributed by atoms with E-state index in [9.17, 15) is 4.39 Å². The third-order valence-corrected chi connectivity index (χ3v) is 4.36. The summed E-state index contributed by atoms with van der Waals surface area (Å²) in [6, 6.07) is 13.6. The van der Waals surface area contributed by atoms with Crippen molar-refractivity contribution in [2.45, 2.75) is 11.9 Å². The van der Waals surface area contributed by atoms with E-state index in [-0.39, 0.29) is 5.82 Å². The molecule has 0 aliphatic heterocycles. The number of aromatic nitrogens is 2. The van der Waals surface area contributed by atoms with Crippen molar-refractivity contribution in [2.75, 3.05) is 10.5 Å². The number of pyridine rings is 2. The molecule has 0 fully saturated rings. The quantitative estimate of drug-likeness (QED) is 0.645. The number of anilines is 2. The zero-order chi connectivity index (χ0) is 17.1. The van der Waals surface area contributed by atoms with Gasteiger partial charge in [0.15, 0.2) is 0 Å². The Morgan fingerprint density at radius 1 is 1.08 bits per heavy atom. The van der Waals surface area contributed by atoms with Crippen LogP contribution in [0.1, 0.15) is 5.56 Å². The van der Waals surface area contributed by atoms with E-state index in [1.807, 2.05) is 25.1 Å². The molecule has 0 bridgehead atoms. The van der Waals surface area contributed by atoms with Crippen molar-refractivity contribution in [3.05, 3.63) is 64.9 Å². The second-order valence-electron chi connectivity index (χ2n) is 5.06. The summed E-state index contributed by atoms with van der Waals surface area (Å²) < 4.78 is 17.3. The third-order valence-electron chi connectivity index (χ3n) is 3.31. The molecular weight excluding hydrogens is 347 g/mol. The van der Waals surface area contributed by atoms with Crippen molar-refractivity contribution in [3.8, 4) is 11.3 Å². The lowest BCUT2D eigenvalue weighted by atomic mass is 10.0. The smallest absolute Gasteiger partial charge is 0.136 e. The van der Waals surface area contributed by atoms with Crippen LogP contribution in [-0.4, -0.2) is 9.97 Å². The predicted molar refractivity (Wildman–Crippen MR) is 97.5 cm³/mol. The van der Waals surface area contributed by atoms with Crippen LogP contribution in [0.2, 0.25) is 5.02 Å². The van der Waals surface area contributed by atoms with E-state index in [2.05, 4.69) is 14.7 Å². The van der Waals surface area contributed by atoms with Crippen LogP contribution in [0.15, 0.2) is 53.6 Å². The lowest BCUT2D eigenvalue weighted by Gasteiger charge is -2.11. The summed E-state index contributed by atoms with van der Waals surface area (Å²) >= 11 is 7.49. The molecule has 0 atom stereocenters. The van der Waals surface area contributed by atoms with Crippen LogP contribution in [0, 0.1) is 12.7 Å². The Labute approximate surface area is 148 Å². The fourth-order valence-electron chi connectivity index (χ4n) is 2.20. The molecule has 2 aromatic heterocycles. The SMILES string of the molecule is Cc1cccc(F)c1-c1nc(NSc2cccc(N)n2)ccc1Cl. The molecule has 4 nitrogen and oxygen atoms in total. The van der Waals surface area contributed by atoms with E-state index in [4.69, 9.17) is 17.3 Å². The highest BCUT2D eigenvalue weighted by molar-refractivity contribution is 8.00. The first-order valence-corrected chi connectivity index (χ1v) is 8.31. The van der Waals surface area contributed by atoms with Crippen molar-refractivity contribution in [2.24, 2.45) is 0 Å². The van der Waals surface area contributed by atoms with Gasteiger partial charge in [0.2, 0.25) is 0 Å². The predicted octanol–water partition coefficient (Wildman–Crippen LogP) is 4.95. The van der Waals surface area contributed by atoms with Crippen LogP contribution in [0.3, 0.4) is 0 Å². The average Bonchev–Trinajstić information content (AvgIpc) is 2.55. The van der Waals surface area contributed by atoms with Crippen LogP contribution in [0.25, 0.3) is 11.3 Å². The van der Waals surface area contributed by atoms with Gasteiger partial charge in [0.25, 0.3) is 0 Å². The summed E-state index contributed by atoms with van der Waals surface area (Å²) in [5.74, 6) is 0.631. The molecule has 24 heavy (non-hydrogen) atoms. The maximum Gasteiger partial charge on any atom is 0.136 e. The summed E-state index contributed by atoms with van der Waals surface area (Å²) in [5, 5.41) is 1.09. The standard InChI is InChI=1S/C17H14ClFN4S/c1-10-4-2-5-12(19)16(10)17-11(18)8-9-14(22-17)23-24-15-7-3-6-13(20)21-15/h2-9H,1H3,(H2,20,21)(H,22,23). The summed E-state index contributed by atoms with van der Waals surface area (Å²) in [5.41, 5.74) is 7.23. The molecule has 0 aliphatic carbocycles. The number of nitrogens with two attached hydrogens (primary N) is 1. The summed E-state index contributed by atoms with van der Waals surface area (Å²) in [6.45, 7) is 1.82. The van der Waals surface area contributed by atoms with Gasteiger partial charge in [-0.2, -0.15) is 0 Å². The number of rotatable bonds is 4. The molecule has 2 heterocycles. The van der Waals surface area contributed by atoms with Gasteiger partial charge in [0, 0.05) is 17.5 Å². The van der Waals surface area contributed by atoms with Crippen molar-refractivity contribution in [1.29, 1.82) is 0 Å². The number of benzene rings is 1. The van der Waals surface area contributed by atoms with Gasteiger partial charge in [0.1, 0.15) is 22.5 Å². The van der Waals surface area contributed by atoms with Gasteiger partial charge < -0.3 is 10.5 Å². The minimum Gasteiger partial charge on any atom is -0.384 e. The summed E-state index contributed by atoms with van der Waals surface area (Å²) in [6.07, 6.45) is 0. The normalized spacial score (nSPS) is 10.6. The van der Waals surface area contributed by atoms with E-state index in [1.165, 1.54) is 18.0 Å². The molecule has 0 aliphatic rings. The Morgan fingerprint density at radius 3 is 2.62 bits per heavy atom. The van der Waals surface area contributed by atoms with Crippen LogP contribution >= 0.6 is 23.5 Å². The number of aryl methyl sites for hydroxylation is 1. The highest BCUT2D eigenvalue weighted by atomic mass is 35.5. The van der Waals surface area contributed by atoms with Crippen LogP contribution in [0.4, 0.5) is 16.0 Å². The fraction of sp³-hybridized carbons (Fsp3) is 0.0588. The first-order valence-electron chi connectivity index (χ1n) is 7.12. The van der Waals surface area contributed by atoms with Crippen molar-refractivity contribution >= 4 is 35.2 Å². The molecule has 0 unspecified atom stereocenters. The second-order valence-corrected chi connectivity index (χ2v) is 6.30. The summed E-state index contributed by atoms with van der Waals surface area (Å²) in [7, 11) is 0. The Hall–Kier alpha value is -2.31. The van der Waals surface area contributed by atoms with Gasteiger partial charge in [-0.25, -0.2) is 14.4 Å². The fourth-order valence-corrected chi connectivity index (χ4v) is 3.02. The number of nitrogen functional groups attached to an aromatic ring is 1. The number of hydrogen-bond donors (Lipinski definition) is 2. The first kappa shape index (κ1) is 16.5.